The minimum atomic E-state index is -3.22. The topological polar surface area (TPSA) is 97.7 Å². The maximum Gasteiger partial charge on any atom is 0.285 e. The summed E-state index contributed by atoms with van der Waals surface area (Å²) in [6.45, 7) is 7.51. The number of allylic oxidation sites excluding steroid dienone is 1. The van der Waals surface area contributed by atoms with Gasteiger partial charge in [0.05, 0.1) is 34.2 Å². The van der Waals surface area contributed by atoms with Crippen LogP contribution in [0.15, 0.2) is 52.9 Å². The predicted molar refractivity (Wildman–Crippen MR) is 197 cm³/mol. The van der Waals surface area contributed by atoms with Crippen molar-refractivity contribution in [3.8, 4) is 5.75 Å². The Morgan fingerprint density at radius 2 is 2.00 bits per heavy atom. The molecule has 2 bridgehead atoms. The number of hydrogen-bond acceptors (Lipinski definition) is 7. The van der Waals surface area contributed by atoms with Crippen molar-refractivity contribution in [2.45, 2.75) is 70.0 Å². The molecule has 50 heavy (non-hydrogen) atoms. The van der Waals surface area contributed by atoms with E-state index in [4.69, 9.17) is 25.8 Å². The molecule has 0 radical (unpaired) electrons. The van der Waals surface area contributed by atoms with Gasteiger partial charge in [-0.1, -0.05) is 36.7 Å². The Kier molecular flexibility index (Phi) is 10.4. The van der Waals surface area contributed by atoms with Crippen molar-refractivity contribution < 1.29 is 28.0 Å². The average molecular weight is 724 g/mol. The van der Waals surface area contributed by atoms with E-state index < -0.39 is 15.6 Å². The number of amides is 2. The summed E-state index contributed by atoms with van der Waals surface area (Å²) in [4.78, 5) is 31.4. The number of rotatable bonds is 5. The lowest BCUT2D eigenvalue weighted by molar-refractivity contribution is -0.141. The zero-order valence-electron chi connectivity index (χ0n) is 29.5. The van der Waals surface area contributed by atoms with Crippen LogP contribution in [0.4, 0.5) is 5.69 Å². The van der Waals surface area contributed by atoms with Crippen LogP contribution in [0.1, 0.15) is 67.4 Å². The van der Waals surface area contributed by atoms with Gasteiger partial charge in [0.2, 0.25) is 5.91 Å². The van der Waals surface area contributed by atoms with Gasteiger partial charge >= 0.3 is 0 Å². The zero-order chi connectivity index (χ0) is 35.0. The Balaban J connectivity index is 1.26. The standard InChI is InChI=1S/C39H50ClN3O6S/c1-4-48-31-20-42(21-31)37(44)23-50(46)22-26(2)7-5-9-35(47-3)32-13-10-29(32)19-43-24-39(16-6-8-27-17-30(40)12-14-33(27)39)25-49-36-15-11-28(18-34(36)43)38(45)41-50/h5,9,11-12,14-15,17-18,26,29,31-32,35H,4,6-8,10,13,16,19-25H2,1-3H3/b9-5+/t26-,29-,32+,35-,39-,50+/m0/s1. The maximum atomic E-state index is 14.6. The van der Waals surface area contributed by atoms with Gasteiger partial charge in [-0.25, -0.2) is 4.21 Å². The lowest BCUT2D eigenvalue weighted by atomic mass is 9.68. The lowest BCUT2D eigenvalue weighted by Gasteiger charge is -2.46. The fourth-order valence-electron chi connectivity index (χ4n) is 8.74. The van der Waals surface area contributed by atoms with Gasteiger partial charge in [-0.2, -0.15) is 4.36 Å². The second-order valence-corrected chi connectivity index (χ2v) is 17.9. The van der Waals surface area contributed by atoms with Crippen LogP contribution >= 0.6 is 11.6 Å². The van der Waals surface area contributed by atoms with Crippen molar-refractivity contribution in [2.75, 3.05) is 62.9 Å². The first-order valence-corrected chi connectivity index (χ1v) is 20.5. The molecule has 7 rings (SSSR count). The molecule has 2 aromatic rings. The minimum absolute atomic E-state index is 0.00559. The second kappa shape index (κ2) is 14.6. The molecule has 5 aliphatic rings. The Bertz CT molecular complexity index is 1770. The van der Waals surface area contributed by atoms with Crippen LogP contribution in [-0.2, 0) is 35.8 Å². The number of aryl methyl sites for hydroxylation is 1. The van der Waals surface area contributed by atoms with E-state index in [2.05, 4.69) is 33.5 Å². The molecule has 2 aromatic carbocycles. The highest BCUT2D eigenvalue weighted by molar-refractivity contribution is 7.94. The molecule has 3 heterocycles. The summed E-state index contributed by atoms with van der Waals surface area (Å²) < 4.78 is 37.3. The van der Waals surface area contributed by atoms with Crippen molar-refractivity contribution >= 4 is 38.8 Å². The first-order valence-electron chi connectivity index (χ1n) is 18.2. The molecule has 0 unspecified atom stereocenters. The summed E-state index contributed by atoms with van der Waals surface area (Å²) in [6.07, 6.45) is 10.1. The van der Waals surface area contributed by atoms with E-state index in [-0.39, 0.29) is 41.0 Å². The van der Waals surface area contributed by atoms with Gasteiger partial charge in [0.25, 0.3) is 5.91 Å². The van der Waals surface area contributed by atoms with E-state index in [9.17, 15) is 13.8 Å². The van der Waals surface area contributed by atoms with E-state index >= 15 is 0 Å². The summed E-state index contributed by atoms with van der Waals surface area (Å²) >= 11 is 6.46. The van der Waals surface area contributed by atoms with Crippen LogP contribution < -0.4 is 9.64 Å². The first kappa shape index (κ1) is 35.5. The van der Waals surface area contributed by atoms with Gasteiger partial charge in [0, 0.05) is 61.6 Å². The summed E-state index contributed by atoms with van der Waals surface area (Å²) in [5.41, 5.74) is 3.53. The van der Waals surface area contributed by atoms with Crippen molar-refractivity contribution in [1.29, 1.82) is 0 Å². The third-order valence-corrected chi connectivity index (χ3v) is 14.0. The van der Waals surface area contributed by atoms with Crippen LogP contribution in [0.2, 0.25) is 5.02 Å². The van der Waals surface area contributed by atoms with Crippen LogP contribution in [0.5, 0.6) is 5.75 Å². The molecule has 1 saturated heterocycles. The zero-order valence-corrected chi connectivity index (χ0v) is 31.1. The van der Waals surface area contributed by atoms with Crippen LogP contribution in [0.25, 0.3) is 0 Å². The molecule has 2 aliphatic carbocycles. The molecule has 1 saturated carbocycles. The summed E-state index contributed by atoms with van der Waals surface area (Å²) in [7, 11) is -1.44. The number of nitrogens with zero attached hydrogens (tertiary/aromatic N) is 3. The van der Waals surface area contributed by atoms with Crippen molar-refractivity contribution in [3.63, 3.8) is 0 Å². The molecule has 0 N–H and O–H groups in total. The number of carbonyl (C=O) groups is 2. The van der Waals surface area contributed by atoms with E-state index in [1.807, 2.05) is 32.0 Å². The quantitative estimate of drug-likeness (QED) is 0.334. The molecule has 1 spiro atoms. The van der Waals surface area contributed by atoms with Crippen LogP contribution in [0, 0.1) is 17.8 Å². The van der Waals surface area contributed by atoms with Gasteiger partial charge in [-0.3, -0.25) is 9.59 Å². The van der Waals surface area contributed by atoms with Gasteiger partial charge in [-0.15, -0.1) is 0 Å². The molecular formula is C39H50ClN3O6S. The van der Waals surface area contributed by atoms with Gasteiger partial charge in [-0.05, 0) is 105 Å². The van der Waals surface area contributed by atoms with Crippen molar-refractivity contribution in [2.24, 2.45) is 22.1 Å². The smallest absolute Gasteiger partial charge is 0.285 e. The normalized spacial score (nSPS) is 32.0. The highest BCUT2D eigenvalue weighted by atomic mass is 35.5. The molecule has 6 atom stereocenters. The largest absolute Gasteiger partial charge is 0.490 e. The lowest BCUT2D eigenvalue weighted by Crippen LogP contribution is -2.56. The second-order valence-electron chi connectivity index (χ2n) is 15.1. The van der Waals surface area contributed by atoms with Crippen molar-refractivity contribution in [1.82, 2.24) is 4.90 Å². The number of likely N-dealkylation sites (tertiary alicyclic amines) is 1. The minimum Gasteiger partial charge on any atom is -0.490 e. The van der Waals surface area contributed by atoms with Crippen LogP contribution in [-0.4, -0.2) is 91.1 Å². The van der Waals surface area contributed by atoms with Crippen molar-refractivity contribution in [3.05, 3.63) is 70.3 Å². The molecule has 9 nitrogen and oxygen atoms in total. The van der Waals surface area contributed by atoms with Crippen LogP contribution in [0.3, 0.4) is 0 Å². The number of methoxy groups -OCH3 is 1. The average Bonchev–Trinajstić information content (AvgIpc) is 3.19. The van der Waals surface area contributed by atoms with Gasteiger partial charge in [0.15, 0.2) is 0 Å². The maximum absolute atomic E-state index is 14.6. The highest BCUT2D eigenvalue weighted by Crippen LogP contribution is 2.47. The Morgan fingerprint density at radius 3 is 2.76 bits per heavy atom. The number of halogens is 1. The third kappa shape index (κ3) is 7.23. The SMILES string of the molecule is CCOC1CN(C(=O)C[S@@]2(=O)=NC(=O)c3ccc4c(c3)N(C[C@@H]3CC[C@H]3[C@@H](OC)/C=C/C[C@H](C)C2)C[C@@]2(CCCc3cc(Cl)ccc32)CO4)C1. The van der Waals surface area contributed by atoms with Gasteiger partial charge < -0.3 is 24.0 Å². The molecule has 2 amide bonds. The molecule has 0 aromatic heterocycles. The number of anilines is 1. The Hall–Kier alpha value is -2.92. The highest BCUT2D eigenvalue weighted by Gasteiger charge is 2.44. The van der Waals surface area contributed by atoms with E-state index in [1.165, 1.54) is 11.1 Å². The fraction of sp³-hybridized carbons (Fsp3) is 0.590. The fourth-order valence-corrected chi connectivity index (χ4v) is 11.2. The Labute approximate surface area is 301 Å². The van der Waals surface area contributed by atoms with E-state index in [0.717, 1.165) is 61.7 Å². The summed E-state index contributed by atoms with van der Waals surface area (Å²) in [6, 6.07) is 11.7. The first-order chi connectivity index (χ1) is 24.1. The predicted octanol–water partition coefficient (Wildman–Crippen LogP) is 6.31. The molecule has 2 fully saturated rings. The molecule has 270 valence electrons. The summed E-state index contributed by atoms with van der Waals surface area (Å²) in [5, 5.41) is 0.749. The van der Waals surface area contributed by atoms with Gasteiger partial charge in [0.1, 0.15) is 11.5 Å². The monoisotopic (exact) mass is 723 g/mol. The number of fused-ring (bicyclic) bond motifs is 4. The summed E-state index contributed by atoms with van der Waals surface area (Å²) in [5.74, 6) is 0.479. The Morgan fingerprint density at radius 1 is 1.16 bits per heavy atom. The molecule has 3 aliphatic heterocycles. The molecular weight excluding hydrogens is 674 g/mol. The number of hydrogen-bond donors (Lipinski definition) is 0. The molecule has 11 heteroatoms. The number of benzene rings is 2. The number of ether oxygens (including phenoxy) is 3. The number of carbonyl (C=O) groups excluding carboxylic acids is 2. The van der Waals surface area contributed by atoms with E-state index in [1.54, 1.807) is 18.1 Å². The third-order valence-electron chi connectivity index (χ3n) is 11.5. The van der Waals surface area contributed by atoms with E-state index in [0.29, 0.717) is 50.1 Å².